The van der Waals surface area contributed by atoms with Crippen molar-refractivity contribution in [1.29, 1.82) is 0 Å². The van der Waals surface area contributed by atoms with Crippen molar-refractivity contribution in [3.05, 3.63) is 36.2 Å². The van der Waals surface area contributed by atoms with Gasteiger partial charge in [0.15, 0.2) is 0 Å². The Bertz CT molecular complexity index is 554. The van der Waals surface area contributed by atoms with Crippen molar-refractivity contribution in [1.82, 2.24) is 20.3 Å². The Morgan fingerprint density at radius 2 is 1.95 bits per heavy atom. The van der Waals surface area contributed by atoms with Gasteiger partial charge in [-0.3, -0.25) is 0 Å². The number of rotatable bonds is 7. The largest absolute Gasteiger partial charge is 0.435 e. The maximum Gasteiger partial charge on any atom is 0.387 e. The van der Waals surface area contributed by atoms with Crippen molar-refractivity contribution < 1.29 is 13.5 Å². The molecule has 0 unspecified atom stereocenters. The first kappa shape index (κ1) is 15.4. The number of nitrogens with zero attached hydrogens (tertiary/aromatic N) is 3. The van der Waals surface area contributed by atoms with Crippen molar-refractivity contribution >= 4 is 0 Å². The van der Waals surface area contributed by atoms with Crippen LogP contribution in [0.3, 0.4) is 0 Å². The van der Waals surface area contributed by atoms with E-state index in [1.54, 1.807) is 23.0 Å². The van der Waals surface area contributed by atoms with Crippen LogP contribution in [0.15, 0.2) is 30.5 Å². The Morgan fingerprint density at radius 3 is 2.57 bits per heavy atom. The van der Waals surface area contributed by atoms with Crippen molar-refractivity contribution in [2.24, 2.45) is 5.92 Å². The summed E-state index contributed by atoms with van der Waals surface area (Å²) in [6.07, 6.45) is 1.80. The van der Waals surface area contributed by atoms with E-state index in [2.05, 4.69) is 34.2 Å². The van der Waals surface area contributed by atoms with E-state index >= 15 is 0 Å². The van der Waals surface area contributed by atoms with Gasteiger partial charge in [0.05, 0.1) is 17.6 Å². The summed E-state index contributed by atoms with van der Waals surface area (Å²) in [5.74, 6) is 0.690. The van der Waals surface area contributed by atoms with Crippen LogP contribution in [-0.2, 0) is 6.54 Å². The molecule has 21 heavy (non-hydrogen) atoms. The number of aromatic nitrogens is 3. The zero-order chi connectivity index (χ0) is 15.2. The minimum atomic E-state index is -2.82. The van der Waals surface area contributed by atoms with E-state index in [4.69, 9.17) is 0 Å². The average Bonchev–Trinajstić information content (AvgIpc) is 2.87. The molecule has 2 rings (SSSR count). The average molecular weight is 296 g/mol. The molecule has 0 aliphatic carbocycles. The second-order valence-electron chi connectivity index (χ2n) is 5.05. The van der Waals surface area contributed by atoms with Crippen LogP contribution in [0.4, 0.5) is 8.78 Å². The second kappa shape index (κ2) is 7.12. The maximum atomic E-state index is 12.1. The fourth-order valence-electron chi connectivity index (χ4n) is 1.77. The molecule has 0 aliphatic heterocycles. The molecule has 0 amide bonds. The monoisotopic (exact) mass is 296 g/mol. The van der Waals surface area contributed by atoms with E-state index in [1.807, 2.05) is 0 Å². The summed E-state index contributed by atoms with van der Waals surface area (Å²) in [6.45, 7) is 3.00. The van der Waals surface area contributed by atoms with Gasteiger partial charge >= 0.3 is 6.61 Å². The lowest BCUT2D eigenvalue weighted by Gasteiger charge is -2.05. The molecular weight excluding hydrogens is 278 g/mol. The normalized spacial score (nSPS) is 11.3. The Morgan fingerprint density at radius 1 is 1.24 bits per heavy atom. The molecule has 1 heterocycles. The first-order valence-corrected chi connectivity index (χ1v) is 6.72. The first-order chi connectivity index (χ1) is 10.0. The maximum absolute atomic E-state index is 12.1. The van der Waals surface area contributed by atoms with E-state index in [0.29, 0.717) is 12.5 Å². The molecule has 0 aliphatic rings. The highest BCUT2D eigenvalue weighted by Gasteiger charge is 2.06. The van der Waals surface area contributed by atoms with Crippen LogP contribution in [0.1, 0.15) is 19.5 Å². The van der Waals surface area contributed by atoms with E-state index in [-0.39, 0.29) is 5.75 Å². The van der Waals surface area contributed by atoms with E-state index in [0.717, 1.165) is 17.9 Å². The summed E-state index contributed by atoms with van der Waals surface area (Å²) >= 11 is 0. The van der Waals surface area contributed by atoms with Crippen LogP contribution in [0, 0.1) is 5.92 Å². The van der Waals surface area contributed by atoms with Crippen molar-refractivity contribution in [3.8, 4) is 11.4 Å². The van der Waals surface area contributed by atoms with Crippen LogP contribution in [0.5, 0.6) is 5.75 Å². The molecule has 1 N–H and O–H groups in total. The third kappa shape index (κ3) is 4.78. The number of hydrogen-bond donors (Lipinski definition) is 1. The van der Waals surface area contributed by atoms with Crippen LogP contribution in [-0.4, -0.2) is 28.2 Å². The van der Waals surface area contributed by atoms with Crippen LogP contribution < -0.4 is 10.1 Å². The van der Waals surface area contributed by atoms with Crippen molar-refractivity contribution in [2.45, 2.75) is 27.0 Å². The third-order valence-corrected chi connectivity index (χ3v) is 2.73. The summed E-state index contributed by atoms with van der Waals surface area (Å²) in [5.41, 5.74) is 1.56. The van der Waals surface area contributed by atoms with E-state index < -0.39 is 6.61 Å². The molecule has 1 aromatic heterocycles. The molecule has 0 atom stereocenters. The molecule has 1 aromatic carbocycles. The number of halogens is 2. The summed E-state index contributed by atoms with van der Waals surface area (Å²) in [6, 6.07) is 6.25. The van der Waals surface area contributed by atoms with Gasteiger partial charge in [-0.15, -0.1) is 5.10 Å². The van der Waals surface area contributed by atoms with Gasteiger partial charge in [0.2, 0.25) is 0 Å². The smallest absolute Gasteiger partial charge is 0.387 e. The molecular formula is C14H18F2N4O. The lowest BCUT2D eigenvalue weighted by atomic mass is 10.2. The highest BCUT2D eigenvalue weighted by molar-refractivity contribution is 5.36. The van der Waals surface area contributed by atoms with Gasteiger partial charge in [0.1, 0.15) is 5.75 Å². The zero-order valence-electron chi connectivity index (χ0n) is 12.0. The topological polar surface area (TPSA) is 52.0 Å². The minimum absolute atomic E-state index is 0.118. The van der Waals surface area contributed by atoms with Crippen LogP contribution in [0.2, 0.25) is 0 Å². The molecule has 7 heteroatoms. The van der Waals surface area contributed by atoms with Gasteiger partial charge in [-0.05, 0) is 36.7 Å². The number of alkyl halides is 2. The summed E-state index contributed by atoms with van der Waals surface area (Å²) in [7, 11) is 0. The summed E-state index contributed by atoms with van der Waals surface area (Å²) < 4.78 is 30.0. The van der Waals surface area contributed by atoms with Crippen LogP contribution >= 0.6 is 0 Å². The van der Waals surface area contributed by atoms with E-state index in [9.17, 15) is 8.78 Å². The molecule has 2 aromatic rings. The Balaban J connectivity index is 1.97. The lowest BCUT2D eigenvalue weighted by Crippen LogP contribution is -2.19. The Hall–Kier alpha value is -2.02. The van der Waals surface area contributed by atoms with Gasteiger partial charge in [0, 0.05) is 6.54 Å². The number of hydrogen-bond acceptors (Lipinski definition) is 4. The molecule has 0 saturated carbocycles. The molecule has 0 saturated heterocycles. The van der Waals surface area contributed by atoms with Gasteiger partial charge < -0.3 is 10.1 Å². The second-order valence-corrected chi connectivity index (χ2v) is 5.05. The Kier molecular flexibility index (Phi) is 5.21. The molecule has 114 valence electrons. The predicted octanol–water partition coefficient (Wildman–Crippen LogP) is 2.61. The molecule has 5 nitrogen and oxygen atoms in total. The SMILES string of the molecule is CC(C)CNCc1cn(-c2ccc(OC(F)F)cc2)nn1. The number of ether oxygens (including phenoxy) is 1. The first-order valence-electron chi connectivity index (χ1n) is 6.72. The van der Waals surface area contributed by atoms with Gasteiger partial charge in [-0.1, -0.05) is 19.1 Å². The summed E-state index contributed by atoms with van der Waals surface area (Å²) in [4.78, 5) is 0. The minimum Gasteiger partial charge on any atom is -0.435 e. The molecule has 0 radical (unpaired) electrons. The third-order valence-electron chi connectivity index (χ3n) is 2.73. The molecule has 0 fully saturated rings. The zero-order valence-corrected chi connectivity index (χ0v) is 12.0. The van der Waals surface area contributed by atoms with Gasteiger partial charge in [-0.25, -0.2) is 4.68 Å². The molecule has 0 bridgehead atoms. The Labute approximate surface area is 121 Å². The van der Waals surface area contributed by atoms with Gasteiger partial charge in [-0.2, -0.15) is 8.78 Å². The quantitative estimate of drug-likeness (QED) is 0.853. The predicted molar refractivity (Wildman–Crippen MR) is 74.5 cm³/mol. The summed E-state index contributed by atoms with van der Waals surface area (Å²) in [5, 5.41) is 11.3. The van der Waals surface area contributed by atoms with Gasteiger partial charge in [0.25, 0.3) is 0 Å². The molecule has 0 spiro atoms. The van der Waals surface area contributed by atoms with E-state index in [1.165, 1.54) is 12.1 Å². The number of benzene rings is 1. The highest BCUT2D eigenvalue weighted by atomic mass is 19.3. The highest BCUT2D eigenvalue weighted by Crippen LogP contribution is 2.16. The standard InChI is InChI=1S/C14H18F2N4O/c1-10(2)7-17-8-11-9-20(19-18-11)12-3-5-13(6-4-12)21-14(15)16/h3-6,9-10,14,17H,7-8H2,1-2H3. The lowest BCUT2D eigenvalue weighted by molar-refractivity contribution is -0.0498. The van der Waals surface area contributed by atoms with Crippen molar-refractivity contribution in [2.75, 3.05) is 6.54 Å². The van der Waals surface area contributed by atoms with Crippen molar-refractivity contribution in [3.63, 3.8) is 0 Å². The fourth-order valence-corrected chi connectivity index (χ4v) is 1.77. The number of nitrogens with one attached hydrogen (secondary N) is 1. The van der Waals surface area contributed by atoms with Crippen LogP contribution in [0.25, 0.3) is 5.69 Å². The fraction of sp³-hybridized carbons (Fsp3) is 0.429.